The van der Waals surface area contributed by atoms with Crippen LogP contribution in [0.1, 0.15) is 31.0 Å². The lowest BCUT2D eigenvalue weighted by molar-refractivity contribution is -0.120. The average Bonchev–Trinajstić information content (AvgIpc) is 3.33. The Morgan fingerprint density at radius 2 is 1.76 bits per heavy atom. The number of carbonyl (C=O) groups is 1. The number of hydrogen-bond acceptors (Lipinski definition) is 6. The van der Waals surface area contributed by atoms with E-state index in [1.165, 1.54) is 5.56 Å². The standard InChI is InChI=1S/C26H28N6O2/c1-3-23-18(2)29-26-27-17-28-32(26)25(23)31-15-13-19(14-16-31)24(33)30-20-9-11-22(12-10-20)34-21-7-5-4-6-8-21/h4-12,17,19H,3,13-16H2,1-2H3,(H,30,33). The van der Waals surface area contributed by atoms with Gasteiger partial charge in [0.2, 0.25) is 5.91 Å². The number of rotatable bonds is 6. The first kappa shape index (κ1) is 21.9. The molecule has 3 heterocycles. The highest BCUT2D eigenvalue weighted by Crippen LogP contribution is 2.29. The summed E-state index contributed by atoms with van der Waals surface area (Å²) in [5.74, 6) is 3.21. The Labute approximate surface area is 198 Å². The second kappa shape index (κ2) is 9.51. The molecule has 1 saturated heterocycles. The third-order valence-electron chi connectivity index (χ3n) is 6.32. The van der Waals surface area contributed by atoms with Gasteiger partial charge in [-0.3, -0.25) is 4.79 Å². The molecule has 34 heavy (non-hydrogen) atoms. The average molecular weight is 457 g/mol. The third kappa shape index (κ3) is 4.44. The van der Waals surface area contributed by atoms with E-state index in [-0.39, 0.29) is 11.8 Å². The first-order valence-corrected chi connectivity index (χ1v) is 11.7. The lowest BCUT2D eigenvalue weighted by Crippen LogP contribution is -2.39. The van der Waals surface area contributed by atoms with Crippen LogP contribution in [0.2, 0.25) is 0 Å². The molecular formula is C26H28N6O2. The molecule has 8 nitrogen and oxygen atoms in total. The minimum absolute atomic E-state index is 0.0317. The van der Waals surface area contributed by atoms with Crippen LogP contribution in [0.25, 0.3) is 5.78 Å². The summed E-state index contributed by atoms with van der Waals surface area (Å²) in [6.07, 6.45) is 3.97. The molecule has 1 fully saturated rings. The van der Waals surface area contributed by atoms with E-state index in [2.05, 4.69) is 32.2 Å². The van der Waals surface area contributed by atoms with Crippen molar-refractivity contribution in [2.24, 2.45) is 5.92 Å². The van der Waals surface area contributed by atoms with Gasteiger partial charge in [0.15, 0.2) is 0 Å². The first-order chi connectivity index (χ1) is 16.6. The molecule has 5 rings (SSSR count). The van der Waals surface area contributed by atoms with Crippen LogP contribution >= 0.6 is 0 Å². The number of nitrogens with one attached hydrogen (secondary N) is 1. The summed E-state index contributed by atoms with van der Waals surface area (Å²) >= 11 is 0. The Morgan fingerprint density at radius 3 is 2.47 bits per heavy atom. The summed E-state index contributed by atoms with van der Waals surface area (Å²) in [6.45, 7) is 5.72. The Morgan fingerprint density at radius 1 is 1.06 bits per heavy atom. The Balaban J connectivity index is 1.21. The molecule has 4 aromatic rings. The fourth-order valence-electron chi connectivity index (χ4n) is 4.54. The molecule has 2 aromatic heterocycles. The molecule has 1 N–H and O–H groups in total. The molecule has 0 atom stereocenters. The van der Waals surface area contributed by atoms with E-state index >= 15 is 0 Å². The molecule has 0 radical (unpaired) electrons. The van der Waals surface area contributed by atoms with E-state index in [0.717, 1.165) is 61.1 Å². The zero-order valence-electron chi connectivity index (χ0n) is 19.4. The van der Waals surface area contributed by atoms with Crippen LogP contribution in [0.4, 0.5) is 11.5 Å². The van der Waals surface area contributed by atoms with Crippen LogP contribution < -0.4 is 15.0 Å². The minimum Gasteiger partial charge on any atom is -0.457 e. The summed E-state index contributed by atoms with van der Waals surface area (Å²) in [7, 11) is 0. The molecule has 1 aliphatic rings. The molecule has 1 amide bonds. The van der Waals surface area contributed by atoms with Gasteiger partial charge in [0, 0.05) is 36.0 Å². The van der Waals surface area contributed by atoms with E-state index in [0.29, 0.717) is 5.78 Å². The summed E-state index contributed by atoms with van der Waals surface area (Å²) in [5, 5.41) is 7.46. The van der Waals surface area contributed by atoms with Crippen molar-refractivity contribution in [3.63, 3.8) is 0 Å². The number of nitrogens with zero attached hydrogens (tertiary/aromatic N) is 5. The molecular weight excluding hydrogens is 428 g/mol. The first-order valence-electron chi connectivity index (χ1n) is 11.7. The van der Waals surface area contributed by atoms with Gasteiger partial charge in [0.05, 0.1) is 0 Å². The molecule has 0 bridgehead atoms. The van der Waals surface area contributed by atoms with Gasteiger partial charge in [0.25, 0.3) is 5.78 Å². The largest absolute Gasteiger partial charge is 0.457 e. The van der Waals surface area contributed by atoms with Gasteiger partial charge in [-0.05, 0) is 62.6 Å². The van der Waals surface area contributed by atoms with Crippen molar-refractivity contribution in [2.45, 2.75) is 33.1 Å². The Kier molecular flexibility index (Phi) is 6.12. The van der Waals surface area contributed by atoms with Crippen molar-refractivity contribution in [3.8, 4) is 11.5 Å². The normalized spacial score (nSPS) is 14.4. The van der Waals surface area contributed by atoms with E-state index in [1.807, 2.05) is 66.0 Å². The van der Waals surface area contributed by atoms with E-state index in [9.17, 15) is 4.79 Å². The second-order valence-electron chi connectivity index (χ2n) is 8.51. The van der Waals surface area contributed by atoms with Gasteiger partial charge < -0.3 is 15.0 Å². The van der Waals surface area contributed by atoms with Gasteiger partial charge >= 0.3 is 0 Å². The number of piperidine rings is 1. The molecule has 0 spiro atoms. The molecule has 0 aliphatic carbocycles. The summed E-state index contributed by atoms with van der Waals surface area (Å²) in [4.78, 5) is 24.1. The van der Waals surface area contributed by atoms with Gasteiger partial charge in [-0.2, -0.15) is 14.6 Å². The third-order valence-corrected chi connectivity index (χ3v) is 6.32. The SMILES string of the molecule is CCc1c(C)nc2ncnn2c1N1CCC(C(=O)Nc2ccc(Oc3ccccc3)cc2)CC1. The fraction of sp³-hybridized carbons (Fsp3) is 0.308. The van der Waals surface area contributed by atoms with Crippen LogP contribution in [0.15, 0.2) is 60.9 Å². The highest BCUT2D eigenvalue weighted by Gasteiger charge is 2.28. The molecule has 174 valence electrons. The minimum atomic E-state index is -0.0317. The van der Waals surface area contributed by atoms with Crippen LogP contribution in [0.3, 0.4) is 0 Å². The van der Waals surface area contributed by atoms with Gasteiger partial charge in [-0.15, -0.1) is 0 Å². The highest BCUT2D eigenvalue weighted by molar-refractivity contribution is 5.92. The second-order valence-corrected chi connectivity index (χ2v) is 8.51. The molecule has 0 saturated carbocycles. The van der Waals surface area contributed by atoms with Crippen LogP contribution in [0, 0.1) is 12.8 Å². The number of hydrogen-bond donors (Lipinski definition) is 1. The number of amides is 1. The molecule has 0 unspecified atom stereocenters. The monoisotopic (exact) mass is 456 g/mol. The fourth-order valence-corrected chi connectivity index (χ4v) is 4.54. The van der Waals surface area contributed by atoms with E-state index in [4.69, 9.17) is 4.74 Å². The van der Waals surface area contributed by atoms with Crippen molar-refractivity contribution >= 4 is 23.2 Å². The van der Waals surface area contributed by atoms with Gasteiger partial charge in [-0.25, -0.2) is 4.98 Å². The molecule has 2 aromatic carbocycles. The topological polar surface area (TPSA) is 84.7 Å². The Bertz CT molecular complexity index is 1280. The zero-order valence-corrected chi connectivity index (χ0v) is 19.4. The number of benzene rings is 2. The maximum Gasteiger partial charge on any atom is 0.254 e. The van der Waals surface area contributed by atoms with Crippen molar-refractivity contribution < 1.29 is 9.53 Å². The maximum absolute atomic E-state index is 12.9. The Hall–Kier alpha value is -3.94. The smallest absolute Gasteiger partial charge is 0.254 e. The number of aryl methyl sites for hydroxylation is 1. The van der Waals surface area contributed by atoms with Gasteiger partial charge in [0.1, 0.15) is 23.6 Å². The highest BCUT2D eigenvalue weighted by atomic mass is 16.5. The van der Waals surface area contributed by atoms with Crippen LogP contribution in [-0.4, -0.2) is 38.6 Å². The summed E-state index contributed by atoms with van der Waals surface area (Å²) in [5.41, 5.74) is 2.94. The predicted molar refractivity (Wildman–Crippen MR) is 131 cm³/mol. The summed E-state index contributed by atoms with van der Waals surface area (Å²) < 4.78 is 7.65. The number of anilines is 2. The predicted octanol–water partition coefficient (Wildman–Crippen LogP) is 4.64. The van der Waals surface area contributed by atoms with Crippen LogP contribution in [0.5, 0.6) is 11.5 Å². The van der Waals surface area contributed by atoms with Crippen molar-refractivity contribution in [2.75, 3.05) is 23.3 Å². The van der Waals surface area contributed by atoms with E-state index in [1.54, 1.807) is 6.33 Å². The van der Waals surface area contributed by atoms with Crippen molar-refractivity contribution in [1.82, 2.24) is 19.6 Å². The zero-order chi connectivity index (χ0) is 23.5. The quantitative estimate of drug-likeness (QED) is 0.455. The number of carbonyl (C=O) groups excluding carboxylic acids is 1. The number of aromatic nitrogens is 4. The summed E-state index contributed by atoms with van der Waals surface area (Å²) in [6, 6.07) is 17.1. The lowest BCUT2D eigenvalue weighted by atomic mass is 9.95. The van der Waals surface area contributed by atoms with E-state index < -0.39 is 0 Å². The number of para-hydroxylation sites is 1. The number of ether oxygens (including phenoxy) is 1. The number of fused-ring (bicyclic) bond motifs is 1. The molecule has 1 aliphatic heterocycles. The molecule has 8 heteroatoms. The van der Waals surface area contributed by atoms with Gasteiger partial charge in [-0.1, -0.05) is 25.1 Å². The van der Waals surface area contributed by atoms with Crippen LogP contribution in [-0.2, 0) is 11.2 Å². The van der Waals surface area contributed by atoms with Crippen molar-refractivity contribution in [1.29, 1.82) is 0 Å². The van der Waals surface area contributed by atoms with Crippen molar-refractivity contribution in [3.05, 3.63) is 72.2 Å². The maximum atomic E-state index is 12.9. The lowest BCUT2D eigenvalue weighted by Gasteiger charge is -2.34.